The fourth-order valence-electron chi connectivity index (χ4n) is 4.84. The number of phenolic OH excluding ortho intramolecular Hbond substituents is 1. The third-order valence-corrected chi connectivity index (χ3v) is 7.83. The topological polar surface area (TPSA) is 70.1 Å². The number of sulfonamides is 1. The van der Waals surface area contributed by atoms with E-state index >= 15 is 0 Å². The average Bonchev–Trinajstić information content (AvgIpc) is 2.68. The molecule has 2 atom stereocenters. The largest absolute Gasteiger partial charge is 0.508 e. The minimum atomic E-state index is -3.43. The number of fused-ring (bicyclic) bond motifs is 1. The Morgan fingerprint density at radius 3 is 2.48 bits per heavy atom. The summed E-state index contributed by atoms with van der Waals surface area (Å²) in [7, 11) is -3.43. The molecule has 1 saturated heterocycles. The van der Waals surface area contributed by atoms with Crippen LogP contribution in [-0.2, 0) is 16.4 Å². The van der Waals surface area contributed by atoms with Crippen molar-refractivity contribution in [2.24, 2.45) is 5.92 Å². The standard InChI is InChI=1S/C24H32N2O4S/c1-4-18-15-25(16-18)11-12-30-22-8-5-19(6-9-22)24-23-10-7-21(27)14-20(23)13-17(2)26(24)31(3,28)29/h5-10,14,17-18,24,27H,4,11-13,15-16H2,1-3H3/t17-,24-/m1/s1. The maximum Gasteiger partial charge on any atom is 0.212 e. The molecular formula is C24H32N2O4S. The maximum atomic E-state index is 12.7. The van der Waals surface area contributed by atoms with Crippen molar-refractivity contribution in [3.05, 3.63) is 59.2 Å². The molecule has 31 heavy (non-hydrogen) atoms. The van der Waals surface area contributed by atoms with E-state index in [2.05, 4.69) is 11.8 Å². The molecule has 2 aromatic carbocycles. The quantitative estimate of drug-likeness (QED) is 0.709. The molecule has 168 valence electrons. The van der Waals surface area contributed by atoms with E-state index in [0.717, 1.165) is 48.0 Å². The van der Waals surface area contributed by atoms with Gasteiger partial charge >= 0.3 is 0 Å². The van der Waals surface area contributed by atoms with E-state index < -0.39 is 16.1 Å². The smallest absolute Gasteiger partial charge is 0.212 e. The van der Waals surface area contributed by atoms with Crippen LogP contribution >= 0.6 is 0 Å². The van der Waals surface area contributed by atoms with Gasteiger partial charge in [-0.05, 0) is 60.2 Å². The number of hydrogen-bond donors (Lipinski definition) is 1. The Bertz CT molecular complexity index is 1020. The van der Waals surface area contributed by atoms with Crippen molar-refractivity contribution in [1.29, 1.82) is 0 Å². The predicted molar refractivity (Wildman–Crippen MR) is 122 cm³/mol. The summed E-state index contributed by atoms with van der Waals surface area (Å²) in [5.74, 6) is 1.82. The molecule has 0 bridgehead atoms. The minimum absolute atomic E-state index is 0.200. The first-order valence-electron chi connectivity index (χ1n) is 11.0. The maximum absolute atomic E-state index is 12.7. The lowest BCUT2D eigenvalue weighted by Crippen LogP contribution is -2.47. The first kappa shape index (κ1) is 22.1. The lowest BCUT2D eigenvalue weighted by molar-refractivity contribution is 0.0806. The van der Waals surface area contributed by atoms with Crippen LogP contribution in [-0.4, -0.2) is 61.3 Å². The van der Waals surface area contributed by atoms with Gasteiger partial charge in [0.15, 0.2) is 0 Å². The fraction of sp³-hybridized carbons (Fsp3) is 0.500. The zero-order chi connectivity index (χ0) is 22.2. The van der Waals surface area contributed by atoms with Gasteiger partial charge in [-0.15, -0.1) is 0 Å². The van der Waals surface area contributed by atoms with Crippen LogP contribution < -0.4 is 4.74 Å². The van der Waals surface area contributed by atoms with Crippen LogP contribution in [0.5, 0.6) is 11.5 Å². The zero-order valence-corrected chi connectivity index (χ0v) is 19.3. The van der Waals surface area contributed by atoms with Gasteiger partial charge in [0.2, 0.25) is 10.0 Å². The van der Waals surface area contributed by atoms with Gasteiger partial charge in [-0.25, -0.2) is 8.42 Å². The number of benzene rings is 2. The summed E-state index contributed by atoms with van der Waals surface area (Å²) >= 11 is 0. The summed E-state index contributed by atoms with van der Waals surface area (Å²) in [6.07, 6.45) is 3.08. The molecule has 2 aromatic rings. The summed E-state index contributed by atoms with van der Waals surface area (Å²) in [5.41, 5.74) is 2.79. The Kier molecular flexibility index (Phi) is 6.28. The summed E-state index contributed by atoms with van der Waals surface area (Å²) < 4.78 is 32.8. The lowest BCUT2D eigenvalue weighted by atomic mass is 9.87. The van der Waals surface area contributed by atoms with E-state index in [1.54, 1.807) is 16.4 Å². The highest BCUT2D eigenvalue weighted by Crippen LogP contribution is 2.40. The monoisotopic (exact) mass is 444 g/mol. The van der Waals surface area contributed by atoms with Crippen LogP contribution in [0.4, 0.5) is 0 Å². The van der Waals surface area contributed by atoms with Gasteiger partial charge < -0.3 is 9.84 Å². The number of ether oxygens (including phenoxy) is 1. The second kappa shape index (κ2) is 8.81. The summed E-state index contributed by atoms with van der Waals surface area (Å²) in [6, 6.07) is 12.3. The first-order valence-corrected chi connectivity index (χ1v) is 12.9. The van der Waals surface area contributed by atoms with Gasteiger partial charge in [-0.2, -0.15) is 4.31 Å². The third-order valence-electron chi connectivity index (χ3n) is 6.49. The van der Waals surface area contributed by atoms with Crippen molar-refractivity contribution in [1.82, 2.24) is 9.21 Å². The minimum Gasteiger partial charge on any atom is -0.508 e. The number of nitrogens with zero attached hydrogens (tertiary/aromatic N) is 2. The molecule has 2 heterocycles. The normalized spacial score (nSPS) is 22.7. The number of hydrogen-bond acceptors (Lipinski definition) is 5. The van der Waals surface area contributed by atoms with E-state index in [4.69, 9.17) is 4.74 Å². The van der Waals surface area contributed by atoms with Gasteiger partial charge in [0.1, 0.15) is 18.1 Å². The molecule has 0 aromatic heterocycles. The Morgan fingerprint density at radius 2 is 1.84 bits per heavy atom. The van der Waals surface area contributed by atoms with Crippen molar-refractivity contribution in [2.75, 3.05) is 32.5 Å². The Morgan fingerprint density at radius 1 is 1.13 bits per heavy atom. The van der Waals surface area contributed by atoms with Crippen molar-refractivity contribution in [3.63, 3.8) is 0 Å². The van der Waals surface area contributed by atoms with Crippen molar-refractivity contribution < 1.29 is 18.3 Å². The molecule has 0 radical (unpaired) electrons. The highest BCUT2D eigenvalue weighted by Gasteiger charge is 2.38. The zero-order valence-electron chi connectivity index (χ0n) is 18.5. The van der Waals surface area contributed by atoms with Gasteiger partial charge in [-0.3, -0.25) is 4.90 Å². The second-order valence-electron chi connectivity index (χ2n) is 8.88. The van der Waals surface area contributed by atoms with Gasteiger partial charge in [0, 0.05) is 25.7 Å². The molecule has 0 unspecified atom stereocenters. The molecule has 0 aliphatic carbocycles. The predicted octanol–water partition coefficient (Wildman–Crippen LogP) is 3.41. The molecule has 7 heteroatoms. The van der Waals surface area contributed by atoms with Gasteiger partial charge in [-0.1, -0.05) is 31.5 Å². The summed E-state index contributed by atoms with van der Waals surface area (Å²) in [5, 5.41) is 9.91. The van der Waals surface area contributed by atoms with Crippen LogP contribution in [0.3, 0.4) is 0 Å². The molecular weight excluding hydrogens is 412 g/mol. The molecule has 4 rings (SSSR count). The number of aromatic hydroxyl groups is 1. The van der Waals surface area contributed by atoms with E-state index in [9.17, 15) is 13.5 Å². The molecule has 6 nitrogen and oxygen atoms in total. The van der Waals surface area contributed by atoms with Crippen LogP contribution in [0, 0.1) is 5.92 Å². The highest BCUT2D eigenvalue weighted by atomic mass is 32.2. The van der Waals surface area contributed by atoms with Crippen LogP contribution in [0.1, 0.15) is 43.0 Å². The fourth-order valence-corrected chi connectivity index (χ4v) is 6.18. The number of rotatable bonds is 7. The van der Waals surface area contributed by atoms with Crippen molar-refractivity contribution in [2.45, 2.75) is 38.8 Å². The third kappa shape index (κ3) is 4.73. The van der Waals surface area contributed by atoms with Gasteiger partial charge in [0.05, 0.1) is 12.3 Å². The summed E-state index contributed by atoms with van der Waals surface area (Å²) in [4.78, 5) is 2.41. The molecule has 1 fully saturated rings. The Balaban J connectivity index is 1.52. The SMILES string of the molecule is CCC1CN(CCOc2ccc([C@@H]3c4ccc(O)cc4C[C@@H](C)N3S(C)(=O)=O)cc2)C1. The van der Waals surface area contributed by atoms with Crippen LogP contribution in [0.15, 0.2) is 42.5 Å². The first-order chi connectivity index (χ1) is 14.8. The highest BCUT2D eigenvalue weighted by molar-refractivity contribution is 7.88. The van der Waals surface area contributed by atoms with E-state index in [1.165, 1.54) is 12.7 Å². The Labute approximate surface area is 185 Å². The van der Waals surface area contributed by atoms with Crippen LogP contribution in [0.25, 0.3) is 0 Å². The lowest BCUT2D eigenvalue weighted by Gasteiger charge is -2.40. The molecule has 0 amide bonds. The number of phenols is 1. The summed E-state index contributed by atoms with van der Waals surface area (Å²) in [6.45, 7) is 8.05. The van der Waals surface area contributed by atoms with Crippen molar-refractivity contribution in [3.8, 4) is 11.5 Å². The van der Waals surface area contributed by atoms with E-state index in [0.29, 0.717) is 13.0 Å². The van der Waals surface area contributed by atoms with E-state index in [1.807, 2.05) is 37.3 Å². The van der Waals surface area contributed by atoms with Crippen LogP contribution in [0.2, 0.25) is 0 Å². The molecule has 0 saturated carbocycles. The second-order valence-corrected chi connectivity index (χ2v) is 10.8. The number of likely N-dealkylation sites (tertiary alicyclic amines) is 1. The molecule has 2 aliphatic rings. The van der Waals surface area contributed by atoms with Gasteiger partial charge in [0.25, 0.3) is 0 Å². The molecule has 1 N–H and O–H groups in total. The molecule has 2 aliphatic heterocycles. The molecule has 0 spiro atoms. The Hall–Kier alpha value is -2.09. The van der Waals surface area contributed by atoms with Crippen molar-refractivity contribution >= 4 is 10.0 Å². The van der Waals surface area contributed by atoms with E-state index in [-0.39, 0.29) is 11.8 Å². The average molecular weight is 445 g/mol.